The highest BCUT2D eigenvalue weighted by molar-refractivity contribution is 6.30. The molecule has 0 aliphatic carbocycles. The number of ether oxygens (including phenoxy) is 1. The minimum absolute atomic E-state index is 0.248. The zero-order valence-electron chi connectivity index (χ0n) is 9.72. The van der Waals surface area contributed by atoms with E-state index in [0.29, 0.717) is 23.2 Å². The molecule has 0 aromatic heterocycles. The molecule has 1 heterocycles. The van der Waals surface area contributed by atoms with Gasteiger partial charge in [-0.15, -0.1) is 0 Å². The molecule has 0 radical (unpaired) electrons. The molecule has 4 heteroatoms. The summed E-state index contributed by atoms with van der Waals surface area (Å²) in [4.78, 5) is 0. The first-order chi connectivity index (χ1) is 8.25. The first-order valence-electron chi connectivity index (χ1n) is 6.02. The summed E-state index contributed by atoms with van der Waals surface area (Å²) < 4.78 is 18.9. The van der Waals surface area contributed by atoms with Crippen LogP contribution >= 0.6 is 11.6 Å². The quantitative estimate of drug-likeness (QED) is 0.819. The molecule has 1 aromatic rings. The Morgan fingerprint density at radius 1 is 1.47 bits per heavy atom. The van der Waals surface area contributed by atoms with Crippen LogP contribution in [0.1, 0.15) is 24.8 Å². The fourth-order valence-electron chi connectivity index (χ4n) is 2.02. The van der Waals surface area contributed by atoms with Gasteiger partial charge >= 0.3 is 0 Å². The molecule has 0 bridgehead atoms. The van der Waals surface area contributed by atoms with Gasteiger partial charge in [0.1, 0.15) is 5.82 Å². The Morgan fingerprint density at radius 2 is 2.35 bits per heavy atom. The van der Waals surface area contributed by atoms with Crippen molar-refractivity contribution in [2.24, 2.45) is 0 Å². The SMILES string of the molecule is Fc1cc(Cl)ccc1CNCCC1CCCO1. The van der Waals surface area contributed by atoms with Gasteiger partial charge in [-0.3, -0.25) is 0 Å². The molecule has 0 saturated carbocycles. The van der Waals surface area contributed by atoms with Crippen molar-refractivity contribution in [1.29, 1.82) is 0 Å². The highest BCUT2D eigenvalue weighted by Crippen LogP contribution is 2.16. The van der Waals surface area contributed by atoms with Crippen LogP contribution in [-0.2, 0) is 11.3 Å². The van der Waals surface area contributed by atoms with E-state index in [1.54, 1.807) is 12.1 Å². The summed E-state index contributed by atoms with van der Waals surface area (Å²) in [5, 5.41) is 3.66. The number of hydrogen-bond acceptors (Lipinski definition) is 2. The first kappa shape index (κ1) is 12.8. The summed E-state index contributed by atoms with van der Waals surface area (Å²) >= 11 is 5.69. The topological polar surface area (TPSA) is 21.3 Å². The van der Waals surface area contributed by atoms with Gasteiger partial charge in [0.15, 0.2) is 0 Å². The third-order valence-electron chi connectivity index (χ3n) is 3.00. The van der Waals surface area contributed by atoms with Crippen LogP contribution in [0.5, 0.6) is 0 Å². The van der Waals surface area contributed by atoms with Gasteiger partial charge in [0.25, 0.3) is 0 Å². The molecule has 1 aliphatic rings. The zero-order chi connectivity index (χ0) is 12.1. The predicted octanol–water partition coefficient (Wildman–Crippen LogP) is 3.14. The molecule has 94 valence electrons. The van der Waals surface area contributed by atoms with E-state index in [-0.39, 0.29) is 5.82 Å². The number of rotatable bonds is 5. The highest BCUT2D eigenvalue weighted by atomic mass is 35.5. The lowest BCUT2D eigenvalue weighted by Crippen LogP contribution is -2.20. The second kappa shape index (κ2) is 6.34. The minimum Gasteiger partial charge on any atom is -0.378 e. The minimum atomic E-state index is -0.248. The largest absolute Gasteiger partial charge is 0.378 e. The van der Waals surface area contributed by atoms with Crippen molar-refractivity contribution in [1.82, 2.24) is 5.32 Å². The smallest absolute Gasteiger partial charge is 0.129 e. The molecule has 1 aliphatic heterocycles. The molecule has 1 saturated heterocycles. The molecular weight excluding hydrogens is 241 g/mol. The van der Waals surface area contributed by atoms with Crippen molar-refractivity contribution in [2.75, 3.05) is 13.2 Å². The molecule has 1 aromatic carbocycles. The molecule has 1 unspecified atom stereocenters. The Kier molecular flexibility index (Phi) is 4.77. The van der Waals surface area contributed by atoms with Crippen LogP contribution < -0.4 is 5.32 Å². The van der Waals surface area contributed by atoms with Gasteiger partial charge in [0, 0.05) is 23.7 Å². The van der Waals surface area contributed by atoms with E-state index < -0.39 is 0 Å². The summed E-state index contributed by atoms with van der Waals surface area (Å²) in [7, 11) is 0. The Balaban J connectivity index is 1.70. The summed E-state index contributed by atoms with van der Waals surface area (Å²) in [6.45, 7) is 2.28. The van der Waals surface area contributed by atoms with Crippen molar-refractivity contribution < 1.29 is 9.13 Å². The van der Waals surface area contributed by atoms with Crippen molar-refractivity contribution in [2.45, 2.75) is 31.9 Å². The van der Waals surface area contributed by atoms with Gasteiger partial charge in [-0.2, -0.15) is 0 Å². The molecule has 0 amide bonds. The number of halogens is 2. The maximum absolute atomic E-state index is 13.4. The van der Waals surface area contributed by atoms with Crippen LogP contribution in [0.4, 0.5) is 4.39 Å². The molecule has 2 rings (SSSR count). The van der Waals surface area contributed by atoms with E-state index in [0.717, 1.165) is 32.4 Å². The van der Waals surface area contributed by atoms with Crippen molar-refractivity contribution in [3.05, 3.63) is 34.6 Å². The van der Waals surface area contributed by atoms with Crippen LogP contribution in [0.3, 0.4) is 0 Å². The van der Waals surface area contributed by atoms with E-state index in [9.17, 15) is 4.39 Å². The summed E-state index contributed by atoms with van der Waals surface area (Å²) in [5.41, 5.74) is 0.654. The van der Waals surface area contributed by atoms with Crippen LogP contribution in [-0.4, -0.2) is 19.3 Å². The monoisotopic (exact) mass is 257 g/mol. The lowest BCUT2D eigenvalue weighted by atomic mass is 10.1. The van der Waals surface area contributed by atoms with E-state index in [1.165, 1.54) is 6.07 Å². The average molecular weight is 258 g/mol. The van der Waals surface area contributed by atoms with Crippen LogP contribution in [0.25, 0.3) is 0 Å². The van der Waals surface area contributed by atoms with Gasteiger partial charge in [-0.25, -0.2) is 4.39 Å². The molecule has 1 N–H and O–H groups in total. The third kappa shape index (κ3) is 3.95. The summed E-state index contributed by atoms with van der Waals surface area (Å²) in [5.74, 6) is -0.248. The second-order valence-electron chi connectivity index (χ2n) is 4.34. The Labute approximate surface area is 106 Å². The van der Waals surface area contributed by atoms with E-state index in [2.05, 4.69) is 5.32 Å². The molecule has 1 atom stereocenters. The van der Waals surface area contributed by atoms with Gasteiger partial charge in [-0.1, -0.05) is 17.7 Å². The fraction of sp³-hybridized carbons (Fsp3) is 0.538. The molecule has 2 nitrogen and oxygen atoms in total. The van der Waals surface area contributed by atoms with Gasteiger partial charge in [0.2, 0.25) is 0 Å². The predicted molar refractivity (Wildman–Crippen MR) is 66.7 cm³/mol. The van der Waals surface area contributed by atoms with Gasteiger partial charge in [-0.05, 0) is 37.9 Å². The zero-order valence-corrected chi connectivity index (χ0v) is 10.5. The lowest BCUT2D eigenvalue weighted by molar-refractivity contribution is 0.104. The maximum Gasteiger partial charge on any atom is 0.129 e. The van der Waals surface area contributed by atoms with Crippen LogP contribution in [0.15, 0.2) is 18.2 Å². The van der Waals surface area contributed by atoms with E-state index in [1.807, 2.05) is 0 Å². The van der Waals surface area contributed by atoms with Crippen molar-refractivity contribution in [3.8, 4) is 0 Å². The Bertz CT molecular complexity index is 366. The van der Waals surface area contributed by atoms with Crippen LogP contribution in [0.2, 0.25) is 5.02 Å². The highest BCUT2D eigenvalue weighted by Gasteiger charge is 2.14. The summed E-state index contributed by atoms with van der Waals surface area (Å²) in [6, 6.07) is 4.77. The Hall–Kier alpha value is -0.640. The van der Waals surface area contributed by atoms with Gasteiger partial charge in [0.05, 0.1) is 6.10 Å². The normalized spacial score (nSPS) is 19.8. The number of hydrogen-bond donors (Lipinski definition) is 1. The van der Waals surface area contributed by atoms with Crippen molar-refractivity contribution >= 4 is 11.6 Å². The second-order valence-corrected chi connectivity index (χ2v) is 4.77. The van der Waals surface area contributed by atoms with E-state index >= 15 is 0 Å². The molecule has 1 fully saturated rings. The standard InChI is InChI=1S/C13H17ClFNO/c14-11-4-3-10(13(15)8-11)9-16-6-5-12-2-1-7-17-12/h3-4,8,12,16H,1-2,5-7,9H2. The van der Waals surface area contributed by atoms with Gasteiger partial charge < -0.3 is 10.1 Å². The number of nitrogens with one attached hydrogen (secondary N) is 1. The average Bonchev–Trinajstić information content (AvgIpc) is 2.79. The number of benzene rings is 1. The maximum atomic E-state index is 13.4. The first-order valence-corrected chi connectivity index (χ1v) is 6.40. The Morgan fingerprint density at radius 3 is 3.06 bits per heavy atom. The fourth-order valence-corrected chi connectivity index (χ4v) is 2.18. The molecule has 0 spiro atoms. The van der Waals surface area contributed by atoms with E-state index in [4.69, 9.17) is 16.3 Å². The molecule has 17 heavy (non-hydrogen) atoms. The van der Waals surface area contributed by atoms with Crippen LogP contribution in [0, 0.1) is 5.82 Å². The third-order valence-corrected chi connectivity index (χ3v) is 3.23. The lowest BCUT2D eigenvalue weighted by Gasteiger charge is -2.10. The van der Waals surface area contributed by atoms with Crippen molar-refractivity contribution in [3.63, 3.8) is 0 Å². The summed E-state index contributed by atoms with van der Waals surface area (Å²) in [6.07, 6.45) is 3.69. The molecular formula is C13H17ClFNO.